The number of aromatic amines is 1. The van der Waals surface area contributed by atoms with Crippen LogP contribution in [0, 0.1) is 19.8 Å². The van der Waals surface area contributed by atoms with Gasteiger partial charge in [0.2, 0.25) is 5.91 Å². The summed E-state index contributed by atoms with van der Waals surface area (Å²) in [7, 11) is 0. The van der Waals surface area contributed by atoms with E-state index in [2.05, 4.69) is 52.9 Å². The van der Waals surface area contributed by atoms with Gasteiger partial charge >= 0.3 is 0 Å². The molecule has 32 heavy (non-hydrogen) atoms. The van der Waals surface area contributed by atoms with E-state index in [9.17, 15) is 4.79 Å². The topological polar surface area (TPSA) is 61.0 Å². The molecule has 0 bridgehead atoms. The van der Waals surface area contributed by atoms with Crippen molar-refractivity contribution in [3.63, 3.8) is 0 Å². The summed E-state index contributed by atoms with van der Waals surface area (Å²) in [5, 5.41) is 10.6. The van der Waals surface area contributed by atoms with Crippen molar-refractivity contribution in [2.45, 2.75) is 33.1 Å². The fourth-order valence-electron chi connectivity index (χ4n) is 4.28. The lowest BCUT2D eigenvalue weighted by Gasteiger charge is -2.32. The van der Waals surface area contributed by atoms with Crippen LogP contribution in [0.15, 0.2) is 60.9 Å². The smallest absolute Gasteiger partial charge is 0.226 e. The Morgan fingerprint density at radius 3 is 2.66 bits per heavy atom. The molecule has 5 nitrogen and oxygen atoms in total. The summed E-state index contributed by atoms with van der Waals surface area (Å²) in [6, 6.07) is 16.5. The number of aromatic nitrogens is 2. The molecule has 1 aromatic heterocycles. The quantitative estimate of drug-likeness (QED) is 0.572. The van der Waals surface area contributed by atoms with Gasteiger partial charge in [-0.25, -0.2) is 0 Å². The molecule has 2 aromatic carbocycles. The van der Waals surface area contributed by atoms with Crippen molar-refractivity contribution < 1.29 is 4.79 Å². The number of nitrogens with zero attached hydrogens (tertiary/aromatic N) is 2. The molecule has 0 spiro atoms. The minimum Gasteiger partial charge on any atom is -0.391 e. The zero-order chi connectivity index (χ0) is 22.3. The third kappa shape index (κ3) is 5.47. The standard InChI is InChI=1S/C27H32N4O/c1-20-8-9-25(26-19-29-30-21(26)2)17-24(20)10-13-28-18-23-11-14-31(15-12-23)27(32)16-22-6-4-3-5-7-22/h3-10,13,17,19,23,28H,11-12,14-16,18H2,1-2H3,(H,29,30)/b13-10-. The Morgan fingerprint density at radius 2 is 1.94 bits per heavy atom. The Hall–Kier alpha value is -3.34. The molecule has 2 heterocycles. The lowest BCUT2D eigenvalue weighted by Crippen LogP contribution is -2.41. The fraction of sp³-hybridized carbons (Fsp3) is 0.333. The van der Waals surface area contributed by atoms with Gasteiger partial charge in [-0.05, 0) is 73.2 Å². The number of carbonyl (C=O) groups excluding carboxylic acids is 1. The molecular formula is C27H32N4O. The van der Waals surface area contributed by atoms with Gasteiger partial charge in [0, 0.05) is 30.9 Å². The molecule has 0 unspecified atom stereocenters. The van der Waals surface area contributed by atoms with E-state index in [0.29, 0.717) is 12.3 Å². The van der Waals surface area contributed by atoms with Crippen LogP contribution >= 0.6 is 0 Å². The number of amides is 1. The third-order valence-electron chi connectivity index (χ3n) is 6.37. The largest absolute Gasteiger partial charge is 0.391 e. The maximum atomic E-state index is 12.6. The molecule has 0 radical (unpaired) electrons. The van der Waals surface area contributed by atoms with Crippen LogP contribution in [0.2, 0.25) is 0 Å². The Kier molecular flexibility index (Phi) is 7.05. The summed E-state index contributed by atoms with van der Waals surface area (Å²) in [5.41, 5.74) is 6.94. The minimum absolute atomic E-state index is 0.241. The molecule has 0 aliphatic carbocycles. The molecule has 1 fully saturated rings. The second-order valence-corrected chi connectivity index (χ2v) is 8.71. The summed E-state index contributed by atoms with van der Waals surface area (Å²) in [5.74, 6) is 0.840. The highest BCUT2D eigenvalue weighted by Crippen LogP contribution is 2.25. The number of carbonyl (C=O) groups is 1. The molecule has 2 N–H and O–H groups in total. The fourth-order valence-corrected chi connectivity index (χ4v) is 4.28. The number of benzene rings is 2. The minimum atomic E-state index is 0.241. The summed E-state index contributed by atoms with van der Waals surface area (Å²) in [4.78, 5) is 14.6. The van der Waals surface area contributed by atoms with Crippen LogP contribution < -0.4 is 5.32 Å². The van der Waals surface area contributed by atoms with Crippen LogP contribution in [-0.4, -0.2) is 40.6 Å². The van der Waals surface area contributed by atoms with E-state index < -0.39 is 0 Å². The molecule has 166 valence electrons. The molecule has 0 saturated carbocycles. The highest BCUT2D eigenvalue weighted by molar-refractivity contribution is 5.78. The second-order valence-electron chi connectivity index (χ2n) is 8.71. The summed E-state index contributed by atoms with van der Waals surface area (Å²) in [6.45, 7) is 6.82. The number of nitrogens with one attached hydrogen (secondary N) is 2. The summed E-state index contributed by atoms with van der Waals surface area (Å²) >= 11 is 0. The number of piperidine rings is 1. The van der Waals surface area contributed by atoms with Crippen molar-refractivity contribution in [3.05, 3.63) is 83.3 Å². The van der Waals surface area contributed by atoms with Gasteiger partial charge in [0.1, 0.15) is 0 Å². The molecule has 4 rings (SSSR count). The Labute approximate surface area is 190 Å². The molecule has 5 heteroatoms. The first-order valence-corrected chi connectivity index (χ1v) is 11.4. The van der Waals surface area contributed by atoms with Gasteiger partial charge in [0.05, 0.1) is 12.6 Å². The number of likely N-dealkylation sites (tertiary alicyclic amines) is 1. The number of hydrogen-bond acceptors (Lipinski definition) is 3. The van der Waals surface area contributed by atoms with Crippen molar-refractivity contribution in [3.8, 4) is 11.1 Å². The predicted molar refractivity (Wildman–Crippen MR) is 130 cm³/mol. The lowest BCUT2D eigenvalue weighted by atomic mass is 9.96. The highest BCUT2D eigenvalue weighted by atomic mass is 16.2. The molecule has 1 saturated heterocycles. The first-order valence-electron chi connectivity index (χ1n) is 11.4. The zero-order valence-corrected chi connectivity index (χ0v) is 19.0. The normalized spacial score (nSPS) is 14.8. The van der Waals surface area contributed by atoms with Crippen LogP contribution in [0.3, 0.4) is 0 Å². The summed E-state index contributed by atoms with van der Waals surface area (Å²) in [6.07, 6.45) is 8.69. The van der Waals surface area contributed by atoms with Crippen LogP contribution in [-0.2, 0) is 11.2 Å². The first-order chi connectivity index (χ1) is 15.6. The molecule has 1 amide bonds. The predicted octanol–water partition coefficient (Wildman–Crippen LogP) is 4.74. The Morgan fingerprint density at radius 1 is 1.16 bits per heavy atom. The second kappa shape index (κ2) is 10.3. The molecular weight excluding hydrogens is 396 g/mol. The van der Waals surface area contributed by atoms with Gasteiger partial charge in [-0.1, -0.05) is 42.5 Å². The van der Waals surface area contributed by atoms with Gasteiger partial charge in [-0.3, -0.25) is 9.89 Å². The SMILES string of the molecule is Cc1ccc(-c2cn[nH]c2C)cc1/C=C\NCC1CCN(C(=O)Cc2ccccc2)CC1. The van der Waals surface area contributed by atoms with Crippen molar-refractivity contribution in [1.29, 1.82) is 0 Å². The van der Waals surface area contributed by atoms with Gasteiger partial charge < -0.3 is 10.2 Å². The van der Waals surface area contributed by atoms with Gasteiger partial charge in [-0.15, -0.1) is 0 Å². The van der Waals surface area contributed by atoms with Crippen LogP contribution in [0.5, 0.6) is 0 Å². The zero-order valence-electron chi connectivity index (χ0n) is 19.0. The average molecular weight is 429 g/mol. The number of rotatable bonds is 7. The summed E-state index contributed by atoms with van der Waals surface area (Å²) < 4.78 is 0. The molecule has 1 aliphatic rings. The van der Waals surface area contributed by atoms with Gasteiger partial charge in [-0.2, -0.15) is 5.10 Å². The van der Waals surface area contributed by atoms with Crippen molar-refractivity contribution in [2.75, 3.05) is 19.6 Å². The molecule has 0 atom stereocenters. The first kappa shape index (κ1) is 21.9. The van der Waals surface area contributed by atoms with Crippen LogP contribution in [0.1, 0.15) is 35.2 Å². The van der Waals surface area contributed by atoms with Crippen molar-refractivity contribution in [1.82, 2.24) is 20.4 Å². The van der Waals surface area contributed by atoms with Crippen molar-refractivity contribution in [2.24, 2.45) is 5.92 Å². The third-order valence-corrected chi connectivity index (χ3v) is 6.37. The average Bonchev–Trinajstić information content (AvgIpc) is 3.24. The van der Waals surface area contributed by atoms with Gasteiger partial charge in [0.15, 0.2) is 0 Å². The maximum Gasteiger partial charge on any atom is 0.226 e. The highest BCUT2D eigenvalue weighted by Gasteiger charge is 2.22. The Balaban J connectivity index is 1.24. The van der Waals surface area contributed by atoms with Crippen molar-refractivity contribution >= 4 is 12.0 Å². The van der Waals surface area contributed by atoms with Crippen LogP contribution in [0.25, 0.3) is 17.2 Å². The van der Waals surface area contributed by atoms with Gasteiger partial charge in [0.25, 0.3) is 0 Å². The Bertz CT molecular complexity index is 1060. The van der Waals surface area contributed by atoms with E-state index in [-0.39, 0.29) is 5.91 Å². The monoisotopic (exact) mass is 428 g/mol. The van der Waals surface area contributed by atoms with E-state index in [0.717, 1.165) is 49.3 Å². The molecule has 3 aromatic rings. The van der Waals surface area contributed by atoms with E-state index in [1.807, 2.05) is 48.4 Å². The van der Waals surface area contributed by atoms with Crippen LogP contribution in [0.4, 0.5) is 0 Å². The van der Waals surface area contributed by atoms with E-state index in [1.165, 1.54) is 16.7 Å². The van der Waals surface area contributed by atoms with E-state index in [1.54, 1.807) is 0 Å². The van der Waals surface area contributed by atoms with E-state index >= 15 is 0 Å². The maximum absolute atomic E-state index is 12.6. The molecule has 1 aliphatic heterocycles. The number of H-pyrrole nitrogens is 1. The number of hydrogen-bond donors (Lipinski definition) is 2. The van der Waals surface area contributed by atoms with E-state index in [4.69, 9.17) is 0 Å². The lowest BCUT2D eigenvalue weighted by molar-refractivity contribution is -0.131. The number of aryl methyl sites for hydroxylation is 2.